The molecule has 0 bridgehead atoms. The van der Waals surface area contributed by atoms with Gasteiger partial charge in [0.2, 0.25) is 0 Å². The summed E-state index contributed by atoms with van der Waals surface area (Å²) in [4.78, 5) is 19.5. The Morgan fingerprint density at radius 3 is 2.04 bits per heavy atom. The third kappa shape index (κ3) is 17.1. The van der Waals surface area contributed by atoms with Crippen LogP contribution in [-0.4, -0.2) is 69.7 Å². The molecule has 0 spiro atoms. The van der Waals surface area contributed by atoms with Crippen molar-refractivity contribution in [3.05, 3.63) is 34.4 Å². The first-order valence-corrected chi connectivity index (χ1v) is 8.66. The Balaban J connectivity index is 0. The molecule has 0 unspecified atom stereocenters. The van der Waals surface area contributed by atoms with Crippen molar-refractivity contribution in [2.75, 3.05) is 26.9 Å². The minimum Gasteiger partial charge on any atom is -0.429 e. The molecule has 1 aliphatic heterocycles. The normalized spacial score (nSPS) is 11.4. The van der Waals surface area contributed by atoms with E-state index in [1.807, 2.05) is 0 Å². The molecule has 0 aromatic heterocycles. The predicted molar refractivity (Wildman–Crippen MR) is 85.4 cm³/mol. The van der Waals surface area contributed by atoms with Crippen LogP contribution in [0.2, 0.25) is 0 Å². The van der Waals surface area contributed by atoms with E-state index in [0.29, 0.717) is 0 Å². The number of aliphatic hydroxyl groups is 1. The van der Waals surface area contributed by atoms with Crippen LogP contribution in [0, 0.1) is 10.1 Å². The number of nitrogens with zero attached hydrogens (tertiary/aromatic N) is 1. The molecule has 1 aromatic carbocycles. The first-order chi connectivity index (χ1) is 11.1. The van der Waals surface area contributed by atoms with E-state index in [9.17, 15) is 14.9 Å². The van der Waals surface area contributed by atoms with Crippen molar-refractivity contribution in [1.82, 2.24) is 0 Å². The van der Waals surface area contributed by atoms with Crippen LogP contribution in [0.3, 0.4) is 0 Å². The van der Waals surface area contributed by atoms with E-state index in [0.717, 1.165) is 39.4 Å². The van der Waals surface area contributed by atoms with Gasteiger partial charge in [-0.2, -0.15) is 0 Å². The van der Waals surface area contributed by atoms with Crippen molar-refractivity contribution < 1.29 is 27.0 Å². The average molecular weight is 521 g/mol. The molecule has 0 radical (unpaired) electrons. The Hall–Kier alpha value is -1.11. The zero-order valence-electron chi connectivity index (χ0n) is 13.3. The summed E-state index contributed by atoms with van der Waals surface area (Å²) in [5.74, 6) is 0.288. The van der Waals surface area contributed by atoms with Crippen molar-refractivity contribution in [3.8, 4) is 5.75 Å². The molecular formula is C14H22NO7Tl. The number of rotatable bonds is 3. The van der Waals surface area contributed by atoms with Crippen LogP contribution in [0.4, 0.5) is 5.69 Å². The number of ether oxygens (including phenoxy) is 2. The molecule has 1 heterocycles. The topological polar surface area (TPSA) is 108 Å². The molecular weight excluding hydrogens is 499 g/mol. The second-order valence-electron chi connectivity index (χ2n) is 3.84. The van der Waals surface area contributed by atoms with Crippen LogP contribution >= 0.6 is 0 Å². The molecule has 23 heavy (non-hydrogen) atoms. The molecule has 2 rings (SSSR count). The van der Waals surface area contributed by atoms with Crippen molar-refractivity contribution in [1.29, 1.82) is 0 Å². The Kier molecular flexibility index (Phi) is 19.9. The maximum absolute atomic E-state index is 10.2. The van der Waals surface area contributed by atoms with Gasteiger partial charge < -0.3 is 14.6 Å². The number of hydrogen-bond donors (Lipinski definition) is 1. The monoisotopic (exact) mass is 521 g/mol. The molecule has 9 heteroatoms. The molecule has 0 atom stereocenters. The summed E-state index contributed by atoms with van der Waals surface area (Å²) in [7, 11) is 1.70. The Morgan fingerprint density at radius 1 is 1.35 bits per heavy atom. The van der Waals surface area contributed by atoms with Crippen LogP contribution < -0.4 is 4.74 Å². The molecule has 128 valence electrons. The number of carbonyl (C=O) groups is 1. The van der Waals surface area contributed by atoms with Gasteiger partial charge >= 0.3 is 36.0 Å². The fraction of sp³-hybridized carbons (Fsp3) is 0.500. The van der Waals surface area contributed by atoms with Gasteiger partial charge in [0.05, 0.1) is 4.92 Å². The van der Waals surface area contributed by atoms with Gasteiger partial charge in [0.15, 0.2) is 0 Å². The van der Waals surface area contributed by atoms with Gasteiger partial charge in [0.1, 0.15) is 5.75 Å². The van der Waals surface area contributed by atoms with Crippen LogP contribution in [0.15, 0.2) is 24.3 Å². The summed E-state index contributed by atoms with van der Waals surface area (Å²) in [5.41, 5.74) is -0.0340. The standard InChI is InChI=1S/C7H5NO4.C4H8O.C2H6O.CH3O.Tl/c9-5-12-7-3-1-6(2-4-7)8(10)11;1-2-4-5-3-1;1-2-3;1-2;/h1-5H;1-4H2;3H,2H2,1H3;1H3;/q;;;-1;+1. The van der Waals surface area contributed by atoms with Gasteiger partial charge in [-0.05, 0) is 31.9 Å². The quantitative estimate of drug-likeness (QED) is 0.279. The van der Waals surface area contributed by atoms with Crippen molar-refractivity contribution in [2.24, 2.45) is 0 Å². The first-order valence-electron chi connectivity index (χ1n) is 6.83. The van der Waals surface area contributed by atoms with E-state index in [4.69, 9.17) is 9.84 Å². The second kappa shape index (κ2) is 18.9. The molecule has 1 aliphatic rings. The molecule has 0 amide bonds. The summed E-state index contributed by atoms with van der Waals surface area (Å²) >= 11 is 0.718. The van der Waals surface area contributed by atoms with E-state index in [1.165, 1.54) is 37.1 Å². The van der Waals surface area contributed by atoms with Gasteiger partial charge in [-0.15, -0.1) is 0 Å². The first kappa shape index (κ1) is 24.1. The summed E-state index contributed by atoms with van der Waals surface area (Å²) in [6.07, 6.45) is 2.56. The maximum atomic E-state index is 10.2. The number of nitro benzene ring substituents is 1. The van der Waals surface area contributed by atoms with E-state index >= 15 is 0 Å². The smallest absolute Gasteiger partial charge is 0.298 e. The van der Waals surface area contributed by atoms with Crippen molar-refractivity contribution in [3.63, 3.8) is 0 Å². The van der Waals surface area contributed by atoms with Gasteiger partial charge in [0.25, 0.3) is 12.2 Å². The molecule has 0 aliphatic carbocycles. The summed E-state index contributed by atoms with van der Waals surface area (Å²) in [6, 6.07) is 5.23. The average Bonchev–Trinajstić information content (AvgIpc) is 3.09. The van der Waals surface area contributed by atoms with Crippen LogP contribution in [-0.2, 0) is 12.2 Å². The van der Waals surface area contributed by atoms with E-state index < -0.39 is 4.92 Å². The third-order valence-electron chi connectivity index (χ3n) is 2.06. The molecule has 8 nitrogen and oxygen atoms in total. The predicted octanol–water partition coefficient (Wildman–Crippen LogP) is 1.64. The van der Waals surface area contributed by atoms with Crippen molar-refractivity contribution >= 4 is 38.4 Å². The SMILES string of the molecule is C1CCOC1.CCO.C[O][Tl].O=COc1ccc([N+](=O)[O-])cc1. The summed E-state index contributed by atoms with van der Waals surface area (Å²) in [5, 5.41) is 17.7. The second-order valence-corrected chi connectivity index (χ2v) is 5.67. The van der Waals surface area contributed by atoms with Crippen LogP contribution in [0.25, 0.3) is 0 Å². The van der Waals surface area contributed by atoms with Crippen LogP contribution in [0.1, 0.15) is 19.8 Å². The summed E-state index contributed by atoms with van der Waals surface area (Å²) in [6.45, 7) is 4.20. The fourth-order valence-electron chi connectivity index (χ4n) is 1.21. The minimum absolute atomic E-state index is 0.0340. The number of hydrogen-bond acceptors (Lipinski definition) is 7. The number of non-ortho nitro benzene ring substituents is 1. The van der Waals surface area contributed by atoms with Gasteiger partial charge in [-0.3, -0.25) is 14.9 Å². The van der Waals surface area contributed by atoms with Gasteiger partial charge in [-0.1, -0.05) is 0 Å². The molecule has 0 saturated carbocycles. The van der Waals surface area contributed by atoms with Gasteiger partial charge in [0, 0.05) is 32.0 Å². The van der Waals surface area contributed by atoms with E-state index in [1.54, 1.807) is 14.0 Å². The van der Waals surface area contributed by atoms with E-state index in [-0.39, 0.29) is 24.5 Å². The fourth-order valence-corrected chi connectivity index (χ4v) is 1.21. The van der Waals surface area contributed by atoms with Crippen molar-refractivity contribution in [2.45, 2.75) is 19.8 Å². The van der Waals surface area contributed by atoms with Crippen LogP contribution in [0.5, 0.6) is 5.75 Å². The maximum Gasteiger partial charge on any atom is 0.298 e. The van der Waals surface area contributed by atoms with Gasteiger partial charge in [-0.25, -0.2) is 0 Å². The van der Waals surface area contributed by atoms with E-state index in [2.05, 4.69) is 7.42 Å². The zero-order valence-corrected chi connectivity index (χ0v) is 17.8. The number of aliphatic hydroxyl groups excluding tert-OH is 1. The number of benzene rings is 1. The largest absolute Gasteiger partial charge is 0.429 e. The Bertz CT molecular complexity index is 387. The number of nitro groups is 1. The molecule has 1 saturated heterocycles. The Labute approximate surface area is 152 Å². The Morgan fingerprint density at radius 2 is 1.78 bits per heavy atom. The number of carbonyl (C=O) groups excluding carboxylic acids is 1. The zero-order chi connectivity index (χ0) is 17.9. The minimum atomic E-state index is -0.523. The molecule has 1 fully saturated rings. The summed E-state index contributed by atoms with van der Waals surface area (Å²) < 4.78 is 13.8. The third-order valence-corrected chi connectivity index (χ3v) is 2.06. The molecule has 1 aromatic rings. The molecule has 1 N–H and O–H groups in total.